The van der Waals surface area contributed by atoms with Crippen molar-refractivity contribution in [1.29, 1.82) is 0 Å². The summed E-state index contributed by atoms with van der Waals surface area (Å²) >= 11 is 6.83. The lowest BCUT2D eigenvalue weighted by atomic mass is 10.1. The third-order valence-corrected chi connectivity index (χ3v) is 3.26. The van der Waals surface area contributed by atoms with Crippen LogP contribution in [0.1, 0.15) is 19.8 Å². The van der Waals surface area contributed by atoms with E-state index in [1.807, 2.05) is 6.92 Å². The average Bonchev–Trinajstić information content (AvgIpc) is 1.90. The Morgan fingerprint density at radius 1 is 1.20 bits per heavy atom. The van der Waals surface area contributed by atoms with Crippen molar-refractivity contribution in [1.82, 2.24) is 0 Å². The summed E-state index contributed by atoms with van der Waals surface area (Å²) in [6.07, 6.45) is 1.84. The molecule has 0 spiro atoms. The lowest BCUT2D eigenvalue weighted by Gasteiger charge is -2.10. The van der Waals surface area contributed by atoms with E-state index in [2.05, 4.69) is 31.9 Å². The maximum Gasteiger partial charge on any atom is 0.0512 e. The fourth-order valence-electron chi connectivity index (χ4n) is 0.672. The zero-order chi connectivity index (χ0) is 7.98. The largest absolute Gasteiger partial charge is 0.393 e. The molecule has 0 radical (unpaired) electrons. The molecular weight excluding hydrogens is 260 g/mol. The summed E-state index contributed by atoms with van der Waals surface area (Å²) in [5.74, 6) is 0.662. The maximum absolute atomic E-state index is 8.96. The number of aliphatic hydroxyl groups excluding tert-OH is 1. The summed E-state index contributed by atoms with van der Waals surface area (Å²) < 4.78 is 0. The van der Waals surface area contributed by atoms with E-state index < -0.39 is 0 Å². The lowest BCUT2D eigenvalue weighted by molar-refractivity contribution is 0.176. The van der Waals surface area contributed by atoms with Crippen molar-refractivity contribution in [2.45, 2.75) is 25.9 Å². The van der Waals surface area contributed by atoms with Gasteiger partial charge >= 0.3 is 0 Å². The van der Waals surface area contributed by atoms with Crippen molar-refractivity contribution >= 4 is 31.9 Å². The van der Waals surface area contributed by atoms with Crippen LogP contribution in [0.3, 0.4) is 0 Å². The van der Waals surface area contributed by atoms with Gasteiger partial charge in [-0.1, -0.05) is 31.9 Å². The number of rotatable bonds is 5. The predicted molar refractivity (Wildman–Crippen MR) is 52.0 cm³/mol. The number of hydrogen-bond donors (Lipinski definition) is 1. The molecule has 10 heavy (non-hydrogen) atoms. The summed E-state index contributed by atoms with van der Waals surface area (Å²) in [7, 11) is 0. The predicted octanol–water partition coefficient (Wildman–Crippen LogP) is 2.55. The Kier molecular flexibility index (Phi) is 7.23. The molecule has 1 N–H and O–H groups in total. The van der Waals surface area contributed by atoms with Crippen molar-refractivity contribution < 1.29 is 5.11 Å². The Morgan fingerprint density at radius 2 is 1.70 bits per heavy atom. The van der Waals surface area contributed by atoms with Gasteiger partial charge in [0, 0.05) is 10.7 Å². The second kappa shape index (κ2) is 6.62. The van der Waals surface area contributed by atoms with Gasteiger partial charge in [-0.05, 0) is 25.7 Å². The zero-order valence-corrected chi connectivity index (χ0v) is 9.36. The van der Waals surface area contributed by atoms with Crippen molar-refractivity contribution in [3.05, 3.63) is 0 Å². The first-order chi connectivity index (χ1) is 4.70. The van der Waals surface area contributed by atoms with E-state index in [1.54, 1.807) is 0 Å². The summed E-state index contributed by atoms with van der Waals surface area (Å²) in [6.45, 7) is 1.83. The van der Waals surface area contributed by atoms with E-state index in [0.29, 0.717) is 5.92 Å². The highest BCUT2D eigenvalue weighted by atomic mass is 79.9. The summed E-state index contributed by atoms with van der Waals surface area (Å²) in [5, 5.41) is 11.0. The molecule has 0 aromatic heterocycles. The fourth-order valence-corrected chi connectivity index (χ4v) is 2.39. The van der Waals surface area contributed by atoms with Crippen LogP contribution in [0.15, 0.2) is 0 Å². The molecule has 0 aliphatic rings. The van der Waals surface area contributed by atoms with Gasteiger partial charge in [-0.25, -0.2) is 0 Å². The van der Waals surface area contributed by atoms with Gasteiger partial charge in [-0.15, -0.1) is 0 Å². The summed E-state index contributed by atoms with van der Waals surface area (Å²) in [4.78, 5) is 0. The van der Waals surface area contributed by atoms with Crippen molar-refractivity contribution in [3.63, 3.8) is 0 Å². The second-order valence-corrected chi connectivity index (χ2v) is 3.90. The molecule has 0 saturated carbocycles. The van der Waals surface area contributed by atoms with Crippen LogP contribution in [-0.4, -0.2) is 21.9 Å². The number of halogens is 2. The first-order valence-electron chi connectivity index (χ1n) is 3.50. The molecule has 0 aromatic rings. The van der Waals surface area contributed by atoms with E-state index in [4.69, 9.17) is 5.11 Å². The van der Waals surface area contributed by atoms with Crippen molar-refractivity contribution in [2.24, 2.45) is 5.92 Å². The van der Waals surface area contributed by atoms with E-state index in [-0.39, 0.29) is 6.10 Å². The van der Waals surface area contributed by atoms with Crippen LogP contribution in [0.4, 0.5) is 0 Å². The molecule has 0 rings (SSSR count). The average molecular weight is 274 g/mol. The summed E-state index contributed by atoms with van der Waals surface area (Å²) in [5.41, 5.74) is 0. The van der Waals surface area contributed by atoms with E-state index in [9.17, 15) is 0 Å². The van der Waals surface area contributed by atoms with Gasteiger partial charge in [-0.3, -0.25) is 0 Å². The third-order valence-electron chi connectivity index (χ3n) is 1.43. The Hall–Kier alpha value is 0.920. The number of alkyl halides is 2. The normalized spacial score (nSPS) is 14.1. The standard InChI is InChI=1S/C7H14Br2O/c1-6(10)2-3-7(4-8)5-9/h6-7,10H,2-5H2,1H3. The topological polar surface area (TPSA) is 20.2 Å². The first kappa shape index (κ1) is 10.9. The smallest absolute Gasteiger partial charge is 0.0512 e. The number of aliphatic hydroxyl groups is 1. The lowest BCUT2D eigenvalue weighted by Crippen LogP contribution is -2.08. The molecular formula is C7H14Br2O. The van der Waals surface area contributed by atoms with Crippen molar-refractivity contribution in [3.8, 4) is 0 Å². The molecule has 0 amide bonds. The maximum atomic E-state index is 8.96. The van der Waals surface area contributed by atoms with E-state index in [1.165, 1.54) is 0 Å². The minimum atomic E-state index is -0.152. The molecule has 0 heterocycles. The highest BCUT2D eigenvalue weighted by Crippen LogP contribution is 2.13. The highest BCUT2D eigenvalue weighted by molar-refractivity contribution is 9.09. The van der Waals surface area contributed by atoms with Gasteiger partial charge in [0.1, 0.15) is 0 Å². The molecule has 1 nitrogen and oxygen atoms in total. The molecule has 0 aliphatic heterocycles. The van der Waals surface area contributed by atoms with Crippen LogP contribution in [0, 0.1) is 5.92 Å². The highest BCUT2D eigenvalue weighted by Gasteiger charge is 2.06. The van der Waals surface area contributed by atoms with Gasteiger partial charge in [0.25, 0.3) is 0 Å². The van der Waals surface area contributed by atoms with Crippen LogP contribution in [0.2, 0.25) is 0 Å². The molecule has 62 valence electrons. The Morgan fingerprint density at radius 3 is 2.00 bits per heavy atom. The van der Waals surface area contributed by atoms with Crippen LogP contribution in [-0.2, 0) is 0 Å². The fraction of sp³-hybridized carbons (Fsp3) is 1.00. The zero-order valence-electron chi connectivity index (χ0n) is 6.19. The minimum absolute atomic E-state index is 0.152. The van der Waals surface area contributed by atoms with Crippen LogP contribution in [0.5, 0.6) is 0 Å². The molecule has 1 unspecified atom stereocenters. The minimum Gasteiger partial charge on any atom is -0.393 e. The molecule has 0 bridgehead atoms. The van der Waals surface area contributed by atoms with Crippen LogP contribution >= 0.6 is 31.9 Å². The molecule has 0 saturated heterocycles. The Labute approximate surface area is 79.5 Å². The SMILES string of the molecule is CC(O)CCC(CBr)CBr. The van der Waals surface area contributed by atoms with Gasteiger partial charge in [0.05, 0.1) is 6.10 Å². The first-order valence-corrected chi connectivity index (χ1v) is 5.75. The van der Waals surface area contributed by atoms with E-state index >= 15 is 0 Å². The van der Waals surface area contributed by atoms with Crippen molar-refractivity contribution in [2.75, 3.05) is 10.7 Å². The van der Waals surface area contributed by atoms with Crippen LogP contribution in [0.25, 0.3) is 0 Å². The molecule has 0 aliphatic carbocycles. The quantitative estimate of drug-likeness (QED) is 0.764. The van der Waals surface area contributed by atoms with Gasteiger partial charge in [-0.2, -0.15) is 0 Å². The molecule has 1 atom stereocenters. The number of hydrogen-bond acceptors (Lipinski definition) is 1. The van der Waals surface area contributed by atoms with Crippen LogP contribution < -0.4 is 0 Å². The van der Waals surface area contributed by atoms with Gasteiger partial charge in [0.2, 0.25) is 0 Å². The molecule has 0 fully saturated rings. The Balaban J connectivity index is 3.26. The van der Waals surface area contributed by atoms with Gasteiger partial charge < -0.3 is 5.11 Å². The van der Waals surface area contributed by atoms with E-state index in [0.717, 1.165) is 23.5 Å². The second-order valence-electron chi connectivity index (χ2n) is 2.60. The molecule has 3 heteroatoms. The third kappa shape index (κ3) is 5.69. The summed E-state index contributed by atoms with van der Waals surface area (Å²) in [6, 6.07) is 0. The monoisotopic (exact) mass is 272 g/mol. The van der Waals surface area contributed by atoms with Gasteiger partial charge in [0.15, 0.2) is 0 Å². The Bertz CT molecular complexity index is 72.0. The molecule has 0 aromatic carbocycles.